The van der Waals surface area contributed by atoms with E-state index in [0.717, 1.165) is 16.7 Å². The number of pyridine rings is 1. The first-order chi connectivity index (χ1) is 8.35. The van der Waals surface area contributed by atoms with E-state index in [2.05, 4.69) is 11.1 Å². The molecule has 0 unspecified atom stereocenters. The number of hydrogen-bond acceptors (Lipinski definition) is 3. The lowest BCUT2D eigenvalue weighted by Gasteiger charge is -2.08. The van der Waals surface area contributed by atoms with Crippen LogP contribution in [-0.2, 0) is 6.42 Å². The highest BCUT2D eigenvalue weighted by Gasteiger charge is 2.07. The monoisotopic (exact) mass is 224 g/mol. The molecule has 0 atom stereocenters. The molecule has 2 rings (SSSR count). The molecule has 3 nitrogen and oxygen atoms in total. The number of aromatic nitrogens is 1. The second-order valence-electron chi connectivity index (χ2n) is 3.60. The van der Waals surface area contributed by atoms with Crippen LogP contribution in [-0.4, -0.2) is 12.1 Å². The summed E-state index contributed by atoms with van der Waals surface area (Å²) in [4.78, 5) is 4.22. The maximum absolute atomic E-state index is 8.70. The second-order valence-corrected chi connectivity index (χ2v) is 3.60. The lowest BCUT2D eigenvalue weighted by atomic mass is 10.0. The molecule has 0 saturated carbocycles. The first-order valence-corrected chi connectivity index (χ1v) is 5.30. The predicted molar refractivity (Wildman–Crippen MR) is 65.5 cm³/mol. The fraction of sp³-hybridized carbons (Fsp3) is 0.143. The number of nitrogens with zero attached hydrogens (tertiary/aromatic N) is 2. The Morgan fingerprint density at radius 1 is 1.29 bits per heavy atom. The SMILES string of the molecule is COc1ncc(CC#N)cc1-c1ccccc1. The maximum atomic E-state index is 8.70. The largest absolute Gasteiger partial charge is 0.481 e. The van der Waals surface area contributed by atoms with Gasteiger partial charge in [-0.25, -0.2) is 4.98 Å². The molecule has 1 aromatic heterocycles. The van der Waals surface area contributed by atoms with E-state index < -0.39 is 0 Å². The van der Waals surface area contributed by atoms with Crippen LogP contribution in [0.2, 0.25) is 0 Å². The normalized spacial score (nSPS) is 9.65. The molecular formula is C14H12N2O. The standard InChI is InChI=1S/C14H12N2O/c1-17-14-13(12-5-3-2-4-6-12)9-11(7-8-15)10-16-14/h2-6,9-10H,7H2,1H3. The van der Waals surface area contributed by atoms with Gasteiger partial charge in [0.15, 0.2) is 0 Å². The lowest BCUT2D eigenvalue weighted by molar-refractivity contribution is 0.399. The minimum absolute atomic E-state index is 0.358. The van der Waals surface area contributed by atoms with Gasteiger partial charge in [0.25, 0.3) is 0 Å². The van der Waals surface area contributed by atoms with Gasteiger partial charge in [-0.3, -0.25) is 0 Å². The van der Waals surface area contributed by atoms with Gasteiger partial charge in [0.1, 0.15) is 0 Å². The molecular weight excluding hydrogens is 212 g/mol. The molecule has 0 fully saturated rings. The summed E-state index contributed by atoms with van der Waals surface area (Å²) in [6.07, 6.45) is 2.03. The van der Waals surface area contributed by atoms with Crippen LogP contribution in [0.15, 0.2) is 42.6 Å². The molecule has 0 amide bonds. The quantitative estimate of drug-likeness (QED) is 0.805. The molecule has 0 radical (unpaired) electrons. The molecule has 2 aromatic rings. The Balaban J connectivity index is 2.51. The third-order valence-electron chi connectivity index (χ3n) is 2.47. The Bertz CT molecular complexity index is 544. The Labute approximate surface area is 100 Å². The van der Waals surface area contributed by atoms with Crippen LogP contribution in [0, 0.1) is 11.3 Å². The highest BCUT2D eigenvalue weighted by molar-refractivity contribution is 5.69. The predicted octanol–water partition coefficient (Wildman–Crippen LogP) is 2.82. The molecule has 0 bridgehead atoms. The van der Waals surface area contributed by atoms with Crippen molar-refractivity contribution in [2.24, 2.45) is 0 Å². The summed E-state index contributed by atoms with van der Waals surface area (Å²) in [5.41, 5.74) is 2.85. The van der Waals surface area contributed by atoms with E-state index in [0.29, 0.717) is 12.3 Å². The van der Waals surface area contributed by atoms with Crippen LogP contribution in [0.3, 0.4) is 0 Å². The number of hydrogen-bond donors (Lipinski definition) is 0. The van der Waals surface area contributed by atoms with E-state index in [9.17, 15) is 0 Å². The average Bonchev–Trinajstić information content (AvgIpc) is 2.40. The lowest BCUT2D eigenvalue weighted by Crippen LogP contribution is -1.94. The van der Waals surface area contributed by atoms with Crippen molar-refractivity contribution < 1.29 is 4.74 Å². The van der Waals surface area contributed by atoms with Crippen LogP contribution in [0.1, 0.15) is 5.56 Å². The maximum Gasteiger partial charge on any atom is 0.221 e. The van der Waals surface area contributed by atoms with E-state index in [1.54, 1.807) is 13.3 Å². The topological polar surface area (TPSA) is 45.9 Å². The number of ether oxygens (including phenoxy) is 1. The van der Waals surface area contributed by atoms with Gasteiger partial charge < -0.3 is 4.74 Å². The van der Waals surface area contributed by atoms with Gasteiger partial charge in [-0.2, -0.15) is 5.26 Å². The van der Waals surface area contributed by atoms with Crippen molar-refractivity contribution >= 4 is 0 Å². The van der Waals surface area contributed by atoms with Crippen molar-refractivity contribution in [1.82, 2.24) is 4.98 Å². The molecule has 1 aromatic carbocycles. The summed E-state index contributed by atoms with van der Waals surface area (Å²) in [5.74, 6) is 0.581. The van der Waals surface area contributed by atoms with Crippen LogP contribution in [0.5, 0.6) is 5.88 Å². The Kier molecular flexibility index (Phi) is 3.37. The summed E-state index contributed by atoms with van der Waals surface area (Å²) in [7, 11) is 1.60. The molecule has 1 heterocycles. The van der Waals surface area contributed by atoms with Gasteiger partial charge in [-0.15, -0.1) is 0 Å². The second kappa shape index (κ2) is 5.13. The Morgan fingerprint density at radius 3 is 2.71 bits per heavy atom. The third kappa shape index (κ3) is 2.43. The first kappa shape index (κ1) is 11.2. The van der Waals surface area contributed by atoms with Gasteiger partial charge in [-0.05, 0) is 17.2 Å². The van der Waals surface area contributed by atoms with E-state index in [4.69, 9.17) is 10.00 Å². The highest BCUT2D eigenvalue weighted by atomic mass is 16.5. The number of benzene rings is 1. The molecule has 0 N–H and O–H groups in total. The van der Waals surface area contributed by atoms with E-state index >= 15 is 0 Å². The Morgan fingerprint density at radius 2 is 2.06 bits per heavy atom. The zero-order chi connectivity index (χ0) is 12.1. The molecule has 0 aliphatic carbocycles. The highest BCUT2D eigenvalue weighted by Crippen LogP contribution is 2.28. The molecule has 0 aliphatic heterocycles. The summed E-state index contributed by atoms with van der Waals surface area (Å²) in [6.45, 7) is 0. The van der Waals surface area contributed by atoms with E-state index in [-0.39, 0.29) is 0 Å². The molecule has 3 heteroatoms. The Hall–Kier alpha value is -2.34. The summed E-state index contributed by atoms with van der Waals surface area (Å²) >= 11 is 0. The minimum Gasteiger partial charge on any atom is -0.481 e. The van der Waals surface area contributed by atoms with Gasteiger partial charge >= 0.3 is 0 Å². The third-order valence-corrected chi connectivity index (χ3v) is 2.47. The first-order valence-electron chi connectivity index (χ1n) is 5.30. The molecule has 0 spiro atoms. The zero-order valence-electron chi connectivity index (χ0n) is 9.55. The van der Waals surface area contributed by atoms with Gasteiger partial charge in [-0.1, -0.05) is 30.3 Å². The fourth-order valence-electron chi connectivity index (χ4n) is 1.67. The van der Waals surface area contributed by atoms with Gasteiger partial charge in [0.05, 0.1) is 19.6 Å². The van der Waals surface area contributed by atoms with E-state index in [1.165, 1.54) is 0 Å². The summed E-state index contributed by atoms with van der Waals surface area (Å²) < 4.78 is 5.24. The molecule has 17 heavy (non-hydrogen) atoms. The number of rotatable bonds is 3. The van der Waals surface area contributed by atoms with E-state index in [1.807, 2.05) is 36.4 Å². The fourth-order valence-corrected chi connectivity index (χ4v) is 1.67. The van der Waals surface area contributed by atoms with Gasteiger partial charge in [0, 0.05) is 11.8 Å². The van der Waals surface area contributed by atoms with Crippen molar-refractivity contribution in [3.05, 3.63) is 48.2 Å². The zero-order valence-corrected chi connectivity index (χ0v) is 9.55. The van der Waals surface area contributed by atoms with Crippen LogP contribution in [0.25, 0.3) is 11.1 Å². The molecule has 84 valence electrons. The molecule has 0 saturated heterocycles. The van der Waals surface area contributed by atoms with Crippen molar-refractivity contribution in [1.29, 1.82) is 5.26 Å². The average molecular weight is 224 g/mol. The number of methoxy groups -OCH3 is 1. The van der Waals surface area contributed by atoms with Crippen LogP contribution in [0.4, 0.5) is 0 Å². The summed E-state index contributed by atoms with van der Waals surface area (Å²) in [6, 6.07) is 13.9. The summed E-state index contributed by atoms with van der Waals surface area (Å²) in [5, 5.41) is 8.70. The smallest absolute Gasteiger partial charge is 0.221 e. The minimum atomic E-state index is 0.358. The van der Waals surface area contributed by atoms with Crippen molar-refractivity contribution in [2.75, 3.05) is 7.11 Å². The van der Waals surface area contributed by atoms with Gasteiger partial charge in [0.2, 0.25) is 5.88 Å². The van der Waals surface area contributed by atoms with Crippen molar-refractivity contribution in [3.8, 4) is 23.1 Å². The molecule has 0 aliphatic rings. The van der Waals surface area contributed by atoms with Crippen molar-refractivity contribution in [3.63, 3.8) is 0 Å². The van der Waals surface area contributed by atoms with Crippen molar-refractivity contribution in [2.45, 2.75) is 6.42 Å². The van der Waals surface area contributed by atoms with Crippen LogP contribution >= 0.6 is 0 Å². The van der Waals surface area contributed by atoms with Crippen LogP contribution < -0.4 is 4.74 Å². The number of nitriles is 1.